The second-order valence-electron chi connectivity index (χ2n) is 8.33. The van der Waals surface area contributed by atoms with Gasteiger partial charge in [0.1, 0.15) is 11.6 Å². The van der Waals surface area contributed by atoms with Gasteiger partial charge in [-0.2, -0.15) is 0 Å². The molecule has 0 fully saturated rings. The van der Waals surface area contributed by atoms with Crippen LogP contribution in [0.3, 0.4) is 0 Å². The Kier molecular flexibility index (Phi) is 6.85. The number of aliphatic hydroxyl groups excluding tert-OH is 1. The van der Waals surface area contributed by atoms with Gasteiger partial charge in [0.2, 0.25) is 5.91 Å². The van der Waals surface area contributed by atoms with Gasteiger partial charge in [0.05, 0.1) is 12.1 Å². The number of benzene rings is 1. The third-order valence-corrected chi connectivity index (χ3v) is 4.86. The second kappa shape index (κ2) is 8.78. The molecule has 1 aliphatic rings. The van der Waals surface area contributed by atoms with Crippen molar-refractivity contribution in [3.8, 4) is 0 Å². The number of esters is 1. The van der Waals surface area contributed by atoms with E-state index in [0.717, 1.165) is 5.56 Å². The molecular weight excluding hydrogens is 372 g/mol. The molecule has 1 heterocycles. The number of ether oxygens (including phenoxy) is 1. The number of amides is 2. The Bertz CT molecular complexity index is 812. The van der Waals surface area contributed by atoms with Crippen molar-refractivity contribution in [3.05, 3.63) is 47.5 Å². The van der Waals surface area contributed by atoms with Crippen LogP contribution in [0.2, 0.25) is 0 Å². The van der Waals surface area contributed by atoms with Crippen molar-refractivity contribution in [2.24, 2.45) is 5.73 Å². The van der Waals surface area contributed by atoms with Crippen molar-refractivity contribution in [1.82, 2.24) is 4.90 Å². The maximum Gasteiger partial charge on any atom is 0.329 e. The molecule has 1 aromatic carbocycles. The van der Waals surface area contributed by atoms with Gasteiger partial charge in [0, 0.05) is 12.0 Å². The van der Waals surface area contributed by atoms with E-state index < -0.39 is 35.7 Å². The van der Waals surface area contributed by atoms with Gasteiger partial charge in [-0.3, -0.25) is 9.59 Å². The summed E-state index contributed by atoms with van der Waals surface area (Å²) < 4.78 is 5.50. The summed E-state index contributed by atoms with van der Waals surface area (Å²) in [4.78, 5) is 38.7. The number of fused-ring (bicyclic) bond motifs is 1. The van der Waals surface area contributed by atoms with E-state index in [1.54, 1.807) is 45.0 Å². The van der Waals surface area contributed by atoms with Gasteiger partial charge in [0.25, 0.3) is 5.91 Å². The molecule has 1 aliphatic heterocycles. The summed E-state index contributed by atoms with van der Waals surface area (Å²) in [7, 11) is 0. The van der Waals surface area contributed by atoms with Gasteiger partial charge in [-0.25, -0.2) is 4.79 Å². The van der Waals surface area contributed by atoms with Gasteiger partial charge in [0.15, 0.2) is 0 Å². The number of hydrogen-bond donors (Lipinski definition) is 2. The minimum atomic E-state index is -0.932. The fourth-order valence-electron chi connectivity index (χ4n) is 3.52. The monoisotopic (exact) mass is 402 g/mol. The highest BCUT2D eigenvalue weighted by Crippen LogP contribution is 2.38. The highest BCUT2D eigenvalue weighted by molar-refractivity contribution is 6.01. The van der Waals surface area contributed by atoms with Gasteiger partial charge < -0.3 is 20.5 Å². The molecule has 3 N–H and O–H groups in total. The first-order chi connectivity index (χ1) is 13.5. The molecule has 0 radical (unpaired) electrons. The van der Waals surface area contributed by atoms with Crippen molar-refractivity contribution < 1.29 is 24.2 Å². The number of aliphatic hydroxyl groups is 1. The molecule has 29 heavy (non-hydrogen) atoms. The molecule has 158 valence electrons. The Balaban J connectivity index is 2.38. The van der Waals surface area contributed by atoms with Crippen LogP contribution in [0.4, 0.5) is 0 Å². The molecule has 0 saturated carbocycles. The van der Waals surface area contributed by atoms with Crippen LogP contribution in [0.25, 0.3) is 0 Å². The van der Waals surface area contributed by atoms with Crippen LogP contribution in [0, 0.1) is 0 Å². The van der Waals surface area contributed by atoms with Crippen LogP contribution < -0.4 is 5.73 Å². The average molecular weight is 402 g/mol. The highest BCUT2D eigenvalue weighted by atomic mass is 16.6. The van der Waals surface area contributed by atoms with Crippen molar-refractivity contribution in [2.75, 3.05) is 0 Å². The lowest BCUT2D eigenvalue weighted by molar-refractivity contribution is -0.161. The van der Waals surface area contributed by atoms with Crippen molar-refractivity contribution in [1.29, 1.82) is 0 Å². The molecule has 2 amide bonds. The van der Waals surface area contributed by atoms with E-state index in [-0.39, 0.29) is 18.7 Å². The molecule has 0 aromatic heterocycles. The number of primary amides is 1. The summed E-state index contributed by atoms with van der Waals surface area (Å²) in [6.45, 7) is 10.7. The zero-order valence-corrected chi connectivity index (χ0v) is 17.5. The maximum atomic E-state index is 13.1. The summed E-state index contributed by atoms with van der Waals surface area (Å²) in [5, 5.41) is 10.2. The highest BCUT2D eigenvalue weighted by Gasteiger charge is 2.42. The Hall–Kier alpha value is -2.67. The molecule has 0 aliphatic carbocycles. The van der Waals surface area contributed by atoms with Gasteiger partial charge in [-0.1, -0.05) is 18.2 Å². The zero-order valence-electron chi connectivity index (χ0n) is 17.5. The molecule has 0 spiro atoms. The van der Waals surface area contributed by atoms with Crippen LogP contribution in [0.5, 0.6) is 0 Å². The molecule has 0 bridgehead atoms. The van der Waals surface area contributed by atoms with E-state index in [9.17, 15) is 19.5 Å². The summed E-state index contributed by atoms with van der Waals surface area (Å²) in [5.41, 5.74) is 6.41. The first-order valence-electron chi connectivity index (χ1n) is 9.73. The molecule has 0 saturated heterocycles. The van der Waals surface area contributed by atoms with Crippen LogP contribution in [-0.4, -0.2) is 39.4 Å². The van der Waals surface area contributed by atoms with E-state index in [4.69, 9.17) is 10.5 Å². The smallest absolute Gasteiger partial charge is 0.329 e. The third-order valence-electron chi connectivity index (χ3n) is 4.86. The summed E-state index contributed by atoms with van der Waals surface area (Å²) in [5.74, 6) is -1.43. The number of hydrogen-bond acceptors (Lipinski definition) is 5. The van der Waals surface area contributed by atoms with Crippen LogP contribution in [0.15, 0.2) is 30.9 Å². The van der Waals surface area contributed by atoms with Gasteiger partial charge in [-0.15, -0.1) is 6.58 Å². The SMILES string of the molecule is C=CCC(O)c1ccc2c(c1)[C@@H](C)N([C@@H](CCC(N)=O)C(=O)OC(C)(C)C)C2=O. The zero-order chi connectivity index (χ0) is 21.9. The van der Waals surface area contributed by atoms with Crippen molar-refractivity contribution >= 4 is 17.8 Å². The second-order valence-corrected chi connectivity index (χ2v) is 8.33. The first-order valence-corrected chi connectivity index (χ1v) is 9.73. The predicted molar refractivity (Wildman–Crippen MR) is 109 cm³/mol. The van der Waals surface area contributed by atoms with E-state index in [1.165, 1.54) is 4.90 Å². The minimum Gasteiger partial charge on any atom is -0.458 e. The number of carbonyl (C=O) groups excluding carboxylic acids is 3. The lowest BCUT2D eigenvalue weighted by Crippen LogP contribution is -2.46. The Morgan fingerprint density at radius 1 is 1.38 bits per heavy atom. The normalized spacial score (nSPS) is 18.2. The molecule has 7 heteroatoms. The Morgan fingerprint density at radius 2 is 2.03 bits per heavy atom. The minimum absolute atomic E-state index is 0.0416. The first kappa shape index (κ1) is 22.6. The molecule has 7 nitrogen and oxygen atoms in total. The number of nitrogens with two attached hydrogens (primary N) is 1. The lowest BCUT2D eigenvalue weighted by atomic mass is 9.98. The van der Waals surface area contributed by atoms with Crippen molar-refractivity contribution in [2.45, 2.75) is 70.7 Å². The molecule has 2 rings (SSSR count). The number of nitrogens with zero attached hydrogens (tertiary/aromatic N) is 1. The molecule has 3 atom stereocenters. The van der Waals surface area contributed by atoms with E-state index in [2.05, 4.69) is 6.58 Å². The molecule has 1 unspecified atom stereocenters. The fraction of sp³-hybridized carbons (Fsp3) is 0.500. The number of carbonyl (C=O) groups is 3. The summed E-state index contributed by atoms with van der Waals surface area (Å²) >= 11 is 0. The Morgan fingerprint density at radius 3 is 2.59 bits per heavy atom. The average Bonchev–Trinajstić information content (AvgIpc) is 2.85. The van der Waals surface area contributed by atoms with E-state index in [1.807, 2.05) is 6.92 Å². The van der Waals surface area contributed by atoms with Crippen LogP contribution >= 0.6 is 0 Å². The van der Waals surface area contributed by atoms with Gasteiger partial charge in [-0.05, 0) is 57.7 Å². The largest absolute Gasteiger partial charge is 0.458 e. The standard InChI is InChI=1S/C22H30N2O5/c1-6-7-18(25)14-8-9-15-16(12-14)13(2)24(20(15)27)17(10-11-19(23)26)21(28)29-22(3,4)5/h6,8-9,12-13,17-18,25H,1,7,10-11H2,2-5H3,(H2,23,26)/t13-,17+,18?/m1/s1. The maximum absolute atomic E-state index is 13.1. The predicted octanol–water partition coefficient (Wildman–Crippen LogP) is 2.79. The topological polar surface area (TPSA) is 110 Å². The lowest BCUT2D eigenvalue weighted by Gasteiger charge is -2.32. The summed E-state index contributed by atoms with van der Waals surface area (Å²) in [6, 6.07) is 3.80. The summed E-state index contributed by atoms with van der Waals surface area (Å²) in [6.07, 6.45) is 1.34. The quantitative estimate of drug-likeness (QED) is 0.513. The van der Waals surface area contributed by atoms with Crippen molar-refractivity contribution in [3.63, 3.8) is 0 Å². The van der Waals surface area contributed by atoms with Crippen LogP contribution in [-0.2, 0) is 14.3 Å². The fourth-order valence-corrected chi connectivity index (χ4v) is 3.52. The van der Waals surface area contributed by atoms with E-state index in [0.29, 0.717) is 17.5 Å². The van der Waals surface area contributed by atoms with E-state index >= 15 is 0 Å². The molecule has 1 aromatic rings. The third kappa shape index (κ3) is 5.23. The van der Waals surface area contributed by atoms with Crippen LogP contribution in [0.1, 0.15) is 80.6 Å². The van der Waals surface area contributed by atoms with Gasteiger partial charge >= 0.3 is 5.97 Å². The number of rotatable bonds is 8. The molecular formula is C22H30N2O5. The Labute approximate surface area is 171 Å².